The van der Waals surface area contributed by atoms with E-state index in [0.717, 1.165) is 33.4 Å². The molecule has 0 unspecified atom stereocenters. The average Bonchev–Trinajstić information content (AvgIpc) is 3.29. The molecule has 0 aliphatic rings. The SMILES string of the molecule is O=P(OCc1ccccc1)(OCc1ccccc1)OC[C@@H](OCc1ccccc1)[C@@H](COP(=O)(OCc1ccccc1)OCc1ccccc1)OCc1ccccc1. The Hall–Kier alpha value is -4.54. The summed E-state index contributed by atoms with van der Waals surface area (Å²) in [7, 11) is -8.48. The number of hydrogen-bond donors (Lipinski definition) is 0. The summed E-state index contributed by atoms with van der Waals surface area (Å²) in [5.74, 6) is 0. The van der Waals surface area contributed by atoms with Gasteiger partial charge in [0.15, 0.2) is 0 Å². The lowest BCUT2D eigenvalue weighted by Crippen LogP contribution is -2.39. The number of ether oxygens (including phenoxy) is 2. The van der Waals surface area contributed by atoms with Crippen LogP contribution < -0.4 is 0 Å². The van der Waals surface area contributed by atoms with Crippen molar-refractivity contribution in [1.82, 2.24) is 0 Å². The monoisotopic (exact) mass is 822 g/mol. The van der Waals surface area contributed by atoms with Crippen molar-refractivity contribution in [3.8, 4) is 0 Å². The molecule has 0 heterocycles. The Morgan fingerprint density at radius 1 is 0.293 bits per heavy atom. The predicted molar refractivity (Wildman–Crippen MR) is 222 cm³/mol. The zero-order chi connectivity index (χ0) is 40.1. The highest BCUT2D eigenvalue weighted by Crippen LogP contribution is 2.53. The van der Waals surface area contributed by atoms with E-state index < -0.39 is 27.9 Å². The minimum atomic E-state index is -4.24. The van der Waals surface area contributed by atoms with Gasteiger partial charge in [-0.15, -0.1) is 0 Å². The van der Waals surface area contributed by atoms with E-state index in [0.29, 0.717) is 0 Å². The van der Waals surface area contributed by atoms with Gasteiger partial charge in [0.2, 0.25) is 0 Å². The van der Waals surface area contributed by atoms with Crippen LogP contribution in [0.1, 0.15) is 33.4 Å². The van der Waals surface area contributed by atoms with E-state index in [1.807, 2.05) is 182 Å². The third kappa shape index (κ3) is 15.0. The molecule has 58 heavy (non-hydrogen) atoms. The van der Waals surface area contributed by atoms with E-state index in [1.165, 1.54) is 0 Å². The van der Waals surface area contributed by atoms with Crippen LogP contribution >= 0.6 is 15.6 Å². The van der Waals surface area contributed by atoms with E-state index >= 15 is 0 Å². The Morgan fingerprint density at radius 3 is 0.724 bits per heavy atom. The van der Waals surface area contributed by atoms with Crippen LogP contribution in [0.15, 0.2) is 182 Å². The van der Waals surface area contributed by atoms with Gasteiger partial charge in [-0.3, -0.25) is 27.1 Å². The van der Waals surface area contributed by atoms with Gasteiger partial charge in [0, 0.05) is 0 Å². The van der Waals surface area contributed by atoms with E-state index in [2.05, 4.69) is 0 Å². The molecule has 0 saturated carbocycles. The maximum absolute atomic E-state index is 14.4. The first kappa shape index (κ1) is 43.0. The molecule has 0 amide bonds. The van der Waals surface area contributed by atoms with Crippen LogP contribution in [0.3, 0.4) is 0 Å². The van der Waals surface area contributed by atoms with Crippen molar-refractivity contribution >= 4 is 15.6 Å². The number of hydrogen-bond acceptors (Lipinski definition) is 10. The third-order valence-corrected chi connectivity index (χ3v) is 11.5. The van der Waals surface area contributed by atoms with Gasteiger partial charge in [0.1, 0.15) is 12.2 Å². The topological polar surface area (TPSA) is 108 Å². The lowest BCUT2D eigenvalue weighted by atomic mass is 10.2. The smallest absolute Gasteiger partial charge is 0.368 e. The second-order valence-corrected chi connectivity index (χ2v) is 16.5. The van der Waals surface area contributed by atoms with E-state index in [-0.39, 0.29) is 52.9 Å². The molecule has 6 aromatic carbocycles. The van der Waals surface area contributed by atoms with E-state index in [1.54, 1.807) is 0 Å². The Morgan fingerprint density at radius 2 is 0.500 bits per heavy atom. The standard InChI is InChI=1S/C46H48O10P2/c47-57(51-33-41-23-11-3-12-24-41,52-34-42-25-13-4-14-26-42)55-37-45(49-31-39-19-7-1-8-20-39)46(50-32-40-21-9-2-10-22-40)38-56-58(48,53-35-43-27-15-5-16-28-43)54-36-44-29-17-6-18-30-44/h1-30,45-46H,31-38H2/t45-,46-/m1/s1. The summed E-state index contributed by atoms with van der Waals surface area (Å²) in [4.78, 5) is 0. The Bertz CT molecular complexity index is 1860. The molecule has 6 rings (SSSR count). The molecular formula is C46H48O10P2. The van der Waals surface area contributed by atoms with Crippen LogP contribution in [0.5, 0.6) is 0 Å². The molecule has 0 radical (unpaired) electrons. The average molecular weight is 823 g/mol. The van der Waals surface area contributed by atoms with Crippen molar-refractivity contribution in [1.29, 1.82) is 0 Å². The van der Waals surface area contributed by atoms with Crippen molar-refractivity contribution in [2.75, 3.05) is 13.2 Å². The fourth-order valence-electron chi connectivity index (χ4n) is 5.54. The highest BCUT2D eigenvalue weighted by Gasteiger charge is 2.35. The fourth-order valence-corrected chi connectivity index (χ4v) is 7.88. The maximum atomic E-state index is 14.4. The third-order valence-electron chi connectivity index (χ3n) is 8.75. The fraction of sp³-hybridized carbons (Fsp3) is 0.217. The second-order valence-electron chi connectivity index (χ2n) is 13.2. The summed E-state index contributed by atoms with van der Waals surface area (Å²) < 4.78 is 77.7. The minimum Gasteiger partial charge on any atom is -0.368 e. The molecule has 0 aliphatic heterocycles. The van der Waals surface area contributed by atoms with Gasteiger partial charge in [-0.25, -0.2) is 9.13 Å². The van der Waals surface area contributed by atoms with Gasteiger partial charge in [0.05, 0.1) is 52.9 Å². The summed E-state index contributed by atoms with van der Waals surface area (Å²) in [5, 5.41) is 0. The lowest BCUT2D eigenvalue weighted by molar-refractivity contribution is -0.119. The molecule has 10 nitrogen and oxygen atoms in total. The van der Waals surface area contributed by atoms with E-state index in [4.69, 9.17) is 36.6 Å². The summed E-state index contributed by atoms with van der Waals surface area (Å²) >= 11 is 0. The van der Waals surface area contributed by atoms with Crippen LogP contribution in [0.2, 0.25) is 0 Å². The van der Waals surface area contributed by atoms with Gasteiger partial charge in [-0.1, -0.05) is 182 Å². The van der Waals surface area contributed by atoms with Crippen molar-refractivity contribution in [2.24, 2.45) is 0 Å². The zero-order valence-electron chi connectivity index (χ0n) is 32.1. The van der Waals surface area contributed by atoms with Crippen molar-refractivity contribution < 1.29 is 45.7 Å². The van der Waals surface area contributed by atoms with Gasteiger partial charge >= 0.3 is 15.6 Å². The Labute approximate surface area is 340 Å². The molecule has 0 N–H and O–H groups in total. The van der Waals surface area contributed by atoms with Crippen molar-refractivity contribution in [3.63, 3.8) is 0 Å². The number of rotatable bonds is 25. The van der Waals surface area contributed by atoms with Gasteiger partial charge in [-0.2, -0.15) is 0 Å². The molecular weight excluding hydrogens is 774 g/mol. The molecule has 0 aliphatic carbocycles. The molecule has 0 fully saturated rings. The summed E-state index contributed by atoms with van der Waals surface area (Å²) in [6.07, 6.45) is -1.90. The van der Waals surface area contributed by atoms with Crippen molar-refractivity contribution in [2.45, 2.75) is 51.8 Å². The van der Waals surface area contributed by atoms with Crippen LogP contribution in [0, 0.1) is 0 Å². The summed E-state index contributed by atoms with van der Waals surface area (Å²) in [6.45, 7) is -0.437. The maximum Gasteiger partial charge on any atom is 0.475 e. The highest BCUT2D eigenvalue weighted by molar-refractivity contribution is 7.48. The highest BCUT2D eigenvalue weighted by atomic mass is 31.2. The van der Waals surface area contributed by atoms with Gasteiger partial charge < -0.3 is 9.47 Å². The van der Waals surface area contributed by atoms with Crippen LogP contribution in [0.4, 0.5) is 0 Å². The van der Waals surface area contributed by atoms with Gasteiger partial charge in [-0.05, 0) is 33.4 Å². The molecule has 12 heteroatoms. The molecule has 0 aromatic heterocycles. The molecule has 0 saturated heterocycles. The first-order valence-corrected chi connectivity index (χ1v) is 21.9. The Balaban J connectivity index is 1.25. The van der Waals surface area contributed by atoms with Gasteiger partial charge in [0.25, 0.3) is 0 Å². The first-order valence-electron chi connectivity index (χ1n) is 19.0. The molecule has 0 spiro atoms. The number of phosphoric acid groups is 2. The van der Waals surface area contributed by atoms with E-state index in [9.17, 15) is 9.13 Å². The molecule has 6 aromatic rings. The van der Waals surface area contributed by atoms with Crippen molar-refractivity contribution in [3.05, 3.63) is 215 Å². The number of benzene rings is 6. The van der Waals surface area contributed by atoms with Crippen LogP contribution in [0.25, 0.3) is 0 Å². The molecule has 2 atom stereocenters. The predicted octanol–water partition coefficient (Wildman–Crippen LogP) is 11.3. The normalized spacial score (nSPS) is 12.9. The summed E-state index contributed by atoms with van der Waals surface area (Å²) in [5.41, 5.74) is 4.89. The van der Waals surface area contributed by atoms with Crippen LogP contribution in [-0.4, -0.2) is 25.4 Å². The zero-order valence-corrected chi connectivity index (χ0v) is 33.9. The molecule has 0 bridgehead atoms. The largest absolute Gasteiger partial charge is 0.475 e. The number of phosphoric ester groups is 2. The molecule has 302 valence electrons. The van der Waals surface area contributed by atoms with Crippen LogP contribution in [-0.2, 0) is 85.4 Å². The quantitative estimate of drug-likeness (QED) is 0.0518. The summed E-state index contributed by atoms with van der Waals surface area (Å²) in [6, 6.07) is 56.5. The Kier molecular flexibility index (Phi) is 17.2. The lowest BCUT2D eigenvalue weighted by Gasteiger charge is -2.30. The first-order chi connectivity index (χ1) is 28.4. The minimum absolute atomic E-state index is 0.0276. The second kappa shape index (κ2) is 23.2.